The van der Waals surface area contributed by atoms with Crippen molar-refractivity contribution in [2.24, 2.45) is 11.8 Å². The van der Waals surface area contributed by atoms with Gasteiger partial charge >= 0.3 is 5.97 Å². The monoisotopic (exact) mass is 201 g/mol. The van der Waals surface area contributed by atoms with E-state index in [2.05, 4.69) is 4.90 Å². The lowest BCUT2D eigenvalue weighted by atomic mass is 10.1. The van der Waals surface area contributed by atoms with Crippen LogP contribution < -0.4 is 0 Å². The smallest absolute Gasteiger partial charge is 0.310 e. The van der Waals surface area contributed by atoms with E-state index >= 15 is 0 Å². The Kier molecular flexibility index (Phi) is 4.35. The lowest BCUT2D eigenvalue weighted by Crippen LogP contribution is -2.29. The molecule has 0 aromatic rings. The van der Waals surface area contributed by atoms with Crippen molar-refractivity contribution in [1.82, 2.24) is 4.90 Å². The van der Waals surface area contributed by atoms with E-state index < -0.39 is 0 Å². The third-order valence-corrected chi connectivity index (χ3v) is 2.69. The van der Waals surface area contributed by atoms with Crippen molar-refractivity contribution in [3.8, 4) is 0 Å². The van der Waals surface area contributed by atoms with E-state index in [0.717, 1.165) is 26.1 Å². The second-order valence-corrected chi connectivity index (χ2v) is 4.06. The molecule has 4 nitrogen and oxygen atoms in total. The average molecular weight is 201 g/mol. The molecule has 1 aliphatic rings. The summed E-state index contributed by atoms with van der Waals surface area (Å²) in [5.41, 5.74) is 0. The summed E-state index contributed by atoms with van der Waals surface area (Å²) in [4.78, 5) is 13.4. The molecule has 1 rings (SSSR count). The summed E-state index contributed by atoms with van der Waals surface area (Å²) in [5.74, 6) is 0.210. The van der Waals surface area contributed by atoms with Gasteiger partial charge in [0.2, 0.25) is 0 Å². The summed E-state index contributed by atoms with van der Waals surface area (Å²) in [6, 6.07) is 0. The van der Waals surface area contributed by atoms with Crippen molar-refractivity contribution < 1.29 is 14.6 Å². The zero-order valence-corrected chi connectivity index (χ0v) is 8.90. The molecule has 0 aromatic carbocycles. The van der Waals surface area contributed by atoms with Gasteiger partial charge in [-0.1, -0.05) is 6.92 Å². The van der Waals surface area contributed by atoms with Gasteiger partial charge in [-0.15, -0.1) is 0 Å². The topological polar surface area (TPSA) is 49.8 Å². The molecule has 1 N–H and O–H groups in total. The Bertz CT molecular complexity index is 196. The Morgan fingerprint density at radius 1 is 1.71 bits per heavy atom. The van der Waals surface area contributed by atoms with E-state index in [1.165, 1.54) is 7.11 Å². The van der Waals surface area contributed by atoms with Crippen LogP contribution in [0.15, 0.2) is 0 Å². The fraction of sp³-hybridized carbons (Fsp3) is 0.900. The summed E-state index contributed by atoms with van der Waals surface area (Å²) in [7, 11) is 1.43. The molecule has 0 radical (unpaired) electrons. The van der Waals surface area contributed by atoms with Crippen LogP contribution in [0.3, 0.4) is 0 Å². The number of carbonyl (C=O) groups is 1. The molecule has 0 aromatic heterocycles. The Hall–Kier alpha value is -0.610. The molecule has 4 heteroatoms. The summed E-state index contributed by atoms with van der Waals surface area (Å²) in [6.45, 7) is 4.79. The molecule has 2 atom stereocenters. The Balaban J connectivity index is 2.30. The number of hydrogen-bond donors (Lipinski definition) is 1. The maximum atomic E-state index is 11.2. The predicted molar refractivity (Wildman–Crippen MR) is 52.8 cm³/mol. The van der Waals surface area contributed by atoms with Crippen molar-refractivity contribution in [3.63, 3.8) is 0 Å². The first-order valence-corrected chi connectivity index (χ1v) is 5.08. The van der Waals surface area contributed by atoms with Crippen molar-refractivity contribution in [2.75, 3.05) is 33.4 Å². The van der Waals surface area contributed by atoms with E-state index in [9.17, 15) is 4.79 Å². The lowest BCUT2D eigenvalue weighted by Gasteiger charge is -2.18. The molecule has 0 aliphatic carbocycles. The third kappa shape index (κ3) is 2.96. The highest BCUT2D eigenvalue weighted by Gasteiger charge is 2.29. The van der Waals surface area contributed by atoms with Crippen LogP contribution in [0, 0.1) is 11.8 Å². The molecule has 82 valence electrons. The molecule has 1 aliphatic heterocycles. The van der Waals surface area contributed by atoms with E-state index in [1.54, 1.807) is 0 Å². The van der Waals surface area contributed by atoms with Gasteiger partial charge in [0.15, 0.2) is 0 Å². The van der Waals surface area contributed by atoms with Crippen LogP contribution in [0.1, 0.15) is 13.3 Å². The zero-order valence-electron chi connectivity index (χ0n) is 8.90. The predicted octanol–water partition coefficient (Wildman–Crippen LogP) is 0.110. The van der Waals surface area contributed by atoms with Gasteiger partial charge in [-0.25, -0.2) is 0 Å². The number of nitrogens with zero attached hydrogens (tertiary/aromatic N) is 1. The molecule has 14 heavy (non-hydrogen) atoms. The highest BCUT2D eigenvalue weighted by atomic mass is 16.5. The molecule has 0 spiro atoms. The van der Waals surface area contributed by atoms with Crippen molar-refractivity contribution >= 4 is 5.97 Å². The summed E-state index contributed by atoms with van der Waals surface area (Å²) in [5, 5.41) is 8.90. The van der Waals surface area contributed by atoms with Crippen LogP contribution in [0.4, 0.5) is 0 Å². The fourth-order valence-electron chi connectivity index (χ4n) is 1.86. The Morgan fingerprint density at radius 3 is 3.00 bits per heavy atom. The third-order valence-electron chi connectivity index (χ3n) is 2.69. The van der Waals surface area contributed by atoms with Crippen LogP contribution in [-0.2, 0) is 9.53 Å². The Morgan fingerprint density at radius 2 is 2.43 bits per heavy atom. The second-order valence-electron chi connectivity index (χ2n) is 4.06. The molecule has 1 fully saturated rings. The quantitative estimate of drug-likeness (QED) is 0.656. The minimum atomic E-state index is -0.107. The number of aliphatic hydroxyl groups is 1. The van der Waals surface area contributed by atoms with Gasteiger partial charge in [0.05, 0.1) is 13.0 Å². The molecular formula is C10H19NO3. The summed E-state index contributed by atoms with van der Waals surface area (Å²) < 4.78 is 4.70. The number of likely N-dealkylation sites (tertiary alicyclic amines) is 1. The van der Waals surface area contributed by atoms with E-state index in [4.69, 9.17) is 9.84 Å². The molecular weight excluding hydrogens is 182 g/mol. The van der Waals surface area contributed by atoms with E-state index in [-0.39, 0.29) is 24.4 Å². The standard InChI is InChI=1S/C10H19NO3/c1-8(7-12)5-11-4-3-9(6-11)10(13)14-2/h8-9,12H,3-7H2,1-2H3. The minimum Gasteiger partial charge on any atom is -0.469 e. The van der Waals surface area contributed by atoms with Crippen LogP contribution in [0.5, 0.6) is 0 Å². The van der Waals surface area contributed by atoms with Gasteiger partial charge in [-0.05, 0) is 18.9 Å². The van der Waals surface area contributed by atoms with Gasteiger partial charge in [0.1, 0.15) is 0 Å². The van der Waals surface area contributed by atoms with Crippen LogP contribution in [0.25, 0.3) is 0 Å². The van der Waals surface area contributed by atoms with Crippen molar-refractivity contribution in [2.45, 2.75) is 13.3 Å². The first-order chi connectivity index (χ1) is 6.67. The maximum Gasteiger partial charge on any atom is 0.310 e. The molecule has 0 amide bonds. The van der Waals surface area contributed by atoms with Gasteiger partial charge in [-0.2, -0.15) is 0 Å². The molecule has 1 heterocycles. The second kappa shape index (κ2) is 5.32. The first kappa shape index (κ1) is 11.5. The van der Waals surface area contributed by atoms with Crippen LogP contribution >= 0.6 is 0 Å². The lowest BCUT2D eigenvalue weighted by molar-refractivity contribution is -0.144. The molecule has 1 saturated heterocycles. The Labute approximate surface area is 84.8 Å². The maximum absolute atomic E-state index is 11.2. The average Bonchev–Trinajstić information content (AvgIpc) is 2.65. The summed E-state index contributed by atoms with van der Waals surface area (Å²) >= 11 is 0. The zero-order chi connectivity index (χ0) is 10.6. The summed E-state index contributed by atoms with van der Waals surface area (Å²) in [6.07, 6.45) is 0.880. The normalized spacial score (nSPS) is 24.9. The minimum absolute atomic E-state index is 0.0332. The highest BCUT2D eigenvalue weighted by molar-refractivity contribution is 5.72. The van der Waals surface area contributed by atoms with Gasteiger partial charge < -0.3 is 14.7 Å². The van der Waals surface area contributed by atoms with Crippen LogP contribution in [-0.4, -0.2) is 49.3 Å². The van der Waals surface area contributed by atoms with Gasteiger partial charge in [0.25, 0.3) is 0 Å². The number of hydrogen-bond acceptors (Lipinski definition) is 4. The first-order valence-electron chi connectivity index (χ1n) is 5.08. The van der Waals surface area contributed by atoms with Crippen molar-refractivity contribution in [1.29, 1.82) is 0 Å². The highest BCUT2D eigenvalue weighted by Crippen LogP contribution is 2.18. The van der Waals surface area contributed by atoms with Gasteiger partial charge in [-0.3, -0.25) is 4.79 Å². The number of carbonyl (C=O) groups excluding carboxylic acids is 1. The van der Waals surface area contributed by atoms with E-state index in [1.807, 2.05) is 6.92 Å². The number of aliphatic hydroxyl groups excluding tert-OH is 1. The number of rotatable bonds is 4. The molecule has 0 bridgehead atoms. The number of methoxy groups -OCH3 is 1. The van der Waals surface area contributed by atoms with Crippen LogP contribution in [0.2, 0.25) is 0 Å². The number of esters is 1. The SMILES string of the molecule is COC(=O)C1CCN(CC(C)CO)C1. The van der Waals surface area contributed by atoms with Gasteiger partial charge in [0, 0.05) is 19.7 Å². The fourth-order valence-corrected chi connectivity index (χ4v) is 1.86. The molecule has 2 unspecified atom stereocenters. The van der Waals surface area contributed by atoms with Crippen molar-refractivity contribution in [3.05, 3.63) is 0 Å². The largest absolute Gasteiger partial charge is 0.469 e. The van der Waals surface area contributed by atoms with E-state index in [0.29, 0.717) is 0 Å². The number of ether oxygens (including phenoxy) is 1. The molecule has 0 saturated carbocycles.